The summed E-state index contributed by atoms with van der Waals surface area (Å²) in [5.74, 6) is -0.263. The molecule has 1 aliphatic heterocycles. The van der Waals surface area contributed by atoms with Gasteiger partial charge in [0.05, 0.1) is 12.6 Å². The molecule has 1 fully saturated rings. The van der Waals surface area contributed by atoms with E-state index >= 15 is 0 Å². The average molecular weight is 305 g/mol. The second-order valence-electron chi connectivity index (χ2n) is 5.70. The first-order valence-corrected chi connectivity index (χ1v) is 7.49. The summed E-state index contributed by atoms with van der Waals surface area (Å²) in [4.78, 5) is 16.8. The van der Waals surface area contributed by atoms with E-state index in [9.17, 15) is 9.18 Å². The number of aromatic amines is 1. The van der Waals surface area contributed by atoms with Crippen LogP contribution in [0, 0.1) is 5.82 Å². The highest BCUT2D eigenvalue weighted by molar-refractivity contribution is 5.80. The third-order valence-corrected chi connectivity index (χ3v) is 3.90. The molecule has 3 rings (SSSR count). The van der Waals surface area contributed by atoms with Crippen LogP contribution in [-0.4, -0.2) is 42.2 Å². The normalized spacial score (nSPS) is 17.8. The van der Waals surface area contributed by atoms with Crippen molar-refractivity contribution in [3.63, 3.8) is 0 Å². The number of aromatic nitrogens is 1. The molecule has 2 amide bonds. The number of halogens is 1. The lowest BCUT2D eigenvalue weighted by atomic mass is 10.2. The van der Waals surface area contributed by atoms with E-state index in [2.05, 4.69) is 10.3 Å². The van der Waals surface area contributed by atoms with E-state index in [0.717, 1.165) is 36.0 Å². The molecule has 0 aliphatic carbocycles. The van der Waals surface area contributed by atoms with Crippen molar-refractivity contribution in [1.82, 2.24) is 15.2 Å². The molecule has 0 saturated carbocycles. The number of nitrogens with one attached hydrogen (secondary N) is 2. The number of H-pyrrole nitrogens is 1. The van der Waals surface area contributed by atoms with Crippen LogP contribution in [0.5, 0.6) is 0 Å². The first-order chi connectivity index (χ1) is 10.6. The molecule has 1 unspecified atom stereocenters. The lowest BCUT2D eigenvalue weighted by molar-refractivity contribution is 0.109. The van der Waals surface area contributed by atoms with Crippen molar-refractivity contribution in [2.24, 2.45) is 0 Å². The van der Waals surface area contributed by atoms with Gasteiger partial charge in [-0.25, -0.2) is 9.18 Å². The number of benzene rings is 1. The summed E-state index contributed by atoms with van der Waals surface area (Å²) in [7, 11) is 1.73. The van der Waals surface area contributed by atoms with Gasteiger partial charge < -0.3 is 19.9 Å². The molecule has 0 radical (unpaired) electrons. The average Bonchev–Trinajstić information content (AvgIpc) is 3.12. The number of carbonyl (C=O) groups is 1. The minimum Gasteiger partial charge on any atom is -0.376 e. The minimum atomic E-state index is -0.263. The Kier molecular flexibility index (Phi) is 4.29. The Balaban J connectivity index is 1.57. The molecule has 5 nitrogen and oxygen atoms in total. The molecule has 2 heterocycles. The topological polar surface area (TPSA) is 57.4 Å². The van der Waals surface area contributed by atoms with Crippen LogP contribution in [0.1, 0.15) is 18.5 Å². The molecule has 1 aromatic heterocycles. The number of urea groups is 1. The van der Waals surface area contributed by atoms with E-state index in [-0.39, 0.29) is 18.0 Å². The Morgan fingerprint density at radius 1 is 1.50 bits per heavy atom. The molecule has 1 atom stereocenters. The standard InChI is InChI=1S/C16H20FN3O2/c1-20(16(21)18-9-14-3-2-6-22-14)10-13-8-11-7-12(17)4-5-15(11)19-13/h4-5,7-8,14,19H,2-3,6,9-10H2,1H3,(H,18,21). The van der Waals surface area contributed by atoms with E-state index in [0.29, 0.717) is 13.1 Å². The van der Waals surface area contributed by atoms with Crippen LogP contribution in [0.25, 0.3) is 10.9 Å². The molecule has 118 valence electrons. The summed E-state index contributed by atoms with van der Waals surface area (Å²) in [5.41, 5.74) is 1.74. The molecule has 22 heavy (non-hydrogen) atoms. The highest BCUT2D eigenvalue weighted by Crippen LogP contribution is 2.17. The fourth-order valence-corrected chi connectivity index (χ4v) is 2.72. The highest BCUT2D eigenvalue weighted by atomic mass is 19.1. The summed E-state index contributed by atoms with van der Waals surface area (Å²) in [5, 5.41) is 3.68. The smallest absolute Gasteiger partial charge is 0.317 e. The summed E-state index contributed by atoms with van der Waals surface area (Å²) in [6.07, 6.45) is 2.19. The third-order valence-electron chi connectivity index (χ3n) is 3.90. The van der Waals surface area contributed by atoms with Crippen molar-refractivity contribution in [2.75, 3.05) is 20.2 Å². The largest absolute Gasteiger partial charge is 0.376 e. The third kappa shape index (κ3) is 3.39. The summed E-state index contributed by atoms with van der Waals surface area (Å²) in [6.45, 7) is 1.76. The molecule has 2 aromatic rings. The van der Waals surface area contributed by atoms with Gasteiger partial charge in [-0.05, 0) is 37.1 Å². The molecule has 6 heteroatoms. The fraction of sp³-hybridized carbons (Fsp3) is 0.438. The Morgan fingerprint density at radius 2 is 2.36 bits per heavy atom. The van der Waals surface area contributed by atoms with Crippen LogP contribution in [0.15, 0.2) is 24.3 Å². The monoisotopic (exact) mass is 305 g/mol. The van der Waals surface area contributed by atoms with Crippen LogP contribution < -0.4 is 5.32 Å². The van der Waals surface area contributed by atoms with Crippen molar-refractivity contribution in [1.29, 1.82) is 0 Å². The van der Waals surface area contributed by atoms with Crippen LogP contribution >= 0.6 is 0 Å². The highest BCUT2D eigenvalue weighted by Gasteiger charge is 2.17. The van der Waals surface area contributed by atoms with E-state index in [1.165, 1.54) is 12.1 Å². The van der Waals surface area contributed by atoms with Gasteiger partial charge >= 0.3 is 6.03 Å². The van der Waals surface area contributed by atoms with Crippen LogP contribution in [0.4, 0.5) is 9.18 Å². The van der Waals surface area contributed by atoms with Crippen molar-refractivity contribution >= 4 is 16.9 Å². The second kappa shape index (κ2) is 6.36. The second-order valence-corrected chi connectivity index (χ2v) is 5.70. The van der Waals surface area contributed by atoms with Gasteiger partial charge in [0.15, 0.2) is 0 Å². The van der Waals surface area contributed by atoms with Crippen molar-refractivity contribution in [3.05, 3.63) is 35.8 Å². The number of amides is 2. The first-order valence-electron chi connectivity index (χ1n) is 7.49. The molecule has 1 aliphatic rings. The lowest BCUT2D eigenvalue weighted by Crippen LogP contribution is -2.40. The maximum Gasteiger partial charge on any atom is 0.317 e. The number of rotatable bonds is 4. The van der Waals surface area contributed by atoms with Crippen LogP contribution in [-0.2, 0) is 11.3 Å². The predicted octanol–water partition coefficient (Wildman–Crippen LogP) is 2.63. The Bertz CT molecular complexity index is 664. The van der Waals surface area contributed by atoms with Crippen molar-refractivity contribution in [2.45, 2.75) is 25.5 Å². The van der Waals surface area contributed by atoms with Crippen LogP contribution in [0.3, 0.4) is 0 Å². The van der Waals surface area contributed by atoms with Crippen molar-refractivity contribution < 1.29 is 13.9 Å². The quantitative estimate of drug-likeness (QED) is 0.912. The van der Waals surface area contributed by atoms with Crippen molar-refractivity contribution in [3.8, 4) is 0 Å². The zero-order chi connectivity index (χ0) is 15.5. The fourth-order valence-electron chi connectivity index (χ4n) is 2.72. The number of carbonyl (C=O) groups excluding carboxylic acids is 1. The molecular formula is C16H20FN3O2. The molecule has 1 aromatic carbocycles. The SMILES string of the molecule is CN(Cc1cc2cc(F)ccc2[nH]1)C(=O)NCC1CCCO1. The summed E-state index contributed by atoms with van der Waals surface area (Å²) in [6, 6.07) is 6.32. The van der Waals surface area contributed by atoms with Gasteiger partial charge in [0, 0.05) is 36.8 Å². The first kappa shape index (κ1) is 14.8. The summed E-state index contributed by atoms with van der Waals surface area (Å²) < 4.78 is 18.7. The van der Waals surface area contributed by atoms with Gasteiger partial charge in [-0.2, -0.15) is 0 Å². The van der Waals surface area contributed by atoms with E-state index < -0.39 is 0 Å². The van der Waals surface area contributed by atoms with E-state index in [1.807, 2.05) is 6.07 Å². The van der Waals surface area contributed by atoms with Gasteiger partial charge in [-0.1, -0.05) is 0 Å². The predicted molar refractivity (Wildman–Crippen MR) is 82.1 cm³/mol. The van der Waals surface area contributed by atoms with Gasteiger partial charge in [-0.3, -0.25) is 0 Å². The zero-order valence-electron chi connectivity index (χ0n) is 12.6. The Labute approximate surface area is 128 Å². The maximum absolute atomic E-state index is 13.2. The number of nitrogens with zero attached hydrogens (tertiary/aromatic N) is 1. The lowest BCUT2D eigenvalue weighted by Gasteiger charge is -2.18. The Morgan fingerprint density at radius 3 is 3.14 bits per heavy atom. The molecular weight excluding hydrogens is 285 g/mol. The molecule has 2 N–H and O–H groups in total. The summed E-state index contributed by atoms with van der Waals surface area (Å²) >= 11 is 0. The van der Waals surface area contributed by atoms with Gasteiger partial charge in [0.2, 0.25) is 0 Å². The van der Waals surface area contributed by atoms with Gasteiger partial charge in [0.25, 0.3) is 0 Å². The minimum absolute atomic E-state index is 0.133. The van der Waals surface area contributed by atoms with Crippen LogP contribution in [0.2, 0.25) is 0 Å². The number of hydrogen-bond donors (Lipinski definition) is 2. The zero-order valence-corrected chi connectivity index (χ0v) is 12.6. The number of hydrogen-bond acceptors (Lipinski definition) is 2. The molecule has 0 spiro atoms. The van der Waals surface area contributed by atoms with E-state index in [1.54, 1.807) is 18.0 Å². The van der Waals surface area contributed by atoms with Gasteiger partial charge in [-0.15, -0.1) is 0 Å². The molecule has 0 bridgehead atoms. The molecule has 1 saturated heterocycles. The Hall–Kier alpha value is -2.08. The van der Waals surface area contributed by atoms with E-state index in [4.69, 9.17) is 4.74 Å². The maximum atomic E-state index is 13.2. The number of ether oxygens (including phenoxy) is 1. The van der Waals surface area contributed by atoms with Gasteiger partial charge in [0.1, 0.15) is 5.82 Å². The number of fused-ring (bicyclic) bond motifs is 1.